The van der Waals surface area contributed by atoms with Gasteiger partial charge in [0.1, 0.15) is 5.82 Å². The van der Waals surface area contributed by atoms with Crippen LogP contribution in [0.15, 0.2) is 24.3 Å². The second kappa shape index (κ2) is 4.18. The van der Waals surface area contributed by atoms with Crippen molar-refractivity contribution in [2.24, 2.45) is 0 Å². The Kier molecular flexibility index (Phi) is 3.19. The fourth-order valence-corrected chi connectivity index (χ4v) is 1.00. The van der Waals surface area contributed by atoms with Gasteiger partial charge in [0.2, 0.25) is 0 Å². The fraction of sp³-hybridized carbons (Fsp3) is 0.333. The van der Waals surface area contributed by atoms with Crippen LogP contribution < -0.4 is 0 Å². The second-order valence-electron chi connectivity index (χ2n) is 2.67. The maximum Gasteiger partial charge on any atom is 0.123 e. The standard InChI is InChI=1S/C9H11FO2/c10-8-3-1-2-7(4-8)5-9(12)6-11/h1-4,9,11-12H,5-6H2/t9-/m1/s1. The van der Waals surface area contributed by atoms with E-state index in [0.29, 0.717) is 5.56 Å². The van der Waals surface area contributed by atoms with E-state index in [1.165, 1.54) is 12.1 Å². The van der Waals surface area contributed by atoms with Crippen LogP contribution in [0.3, 0.4) is 0 Å². The Morgan fingerprint density at radius 2 is 2.17 bits per heavy atom. The molecule has 2 N–H and O–H groups in total. The summed E-state index contributed by atoms with van der Waals surface area (Å²) < 4.78 is 12.6. The van der Waals surface area contributed by atoms with Crippen LogP contribution in [-0.2, 0) is 6.42 Å². The number of hydrogen-bond acceptors (Lipinski definition) is 2. The lowest BCUT2D eigenvalue weighted by Crippen LogP contribution is -2.14. The van der Waals surface area contributed by atoms with Gasteiger partial charge in [0.25, 0.3) is 0 Å². The first kappa shape index (κ1) is 9.16. The van der Waals surface area contributed by atoms with Crippen molar-refractivity contribution in [3.63, 3.8) is 0 Å². The highest BCUT2D eigenvalue weighted by Gasteiger charge is 2.03. The second-order valence-corrected chi connectivity index (χ2v) is 2.67. The number of benzene rings is 1. The molecule has 0 aliphatic carbocycles. The van der Waals surface area contributed by atoms with Crippen molar-refractivity contribution in [2.75, 3.05) is 6.61 Å². The Bertz CT molecular complexity index is 250. The molecule has 66 valence electrons. The van der Waals surface area contributed by atoms with Gasteiger partial charge >= 0.3 is 0 Å². The maximum absolute atomic E-state index is 12.6. The highest BCUT2D eigenvalue weighted by atomic mass is 19.1. The summed E-state index contributed by atoms with van der Waals surface area (Å²) in [7, 11) is 0. The van der Waals surface area contributed by atoms with Crippen molar-refractivity contribution in [3.05, 3.63) is 35.6 Å². The first-order chi connectivity index (χ1) is 5.72. The predicted octanol–water partition coefficient (Wildman–Crippen LogP) is 0.721. The molecule has 1 atom stereocenters. The van der Waals surface area contributed by atoms with Gasteiger partial charge in [-0.15, -0.1) is 0 Å². The Labute approximate surface area is 70.3 Å². The van der Waals surface area contributed by atoms with Crippen LogP contribution in [-0.4, -0.2) is 22.9 Å². The van der Waals surface area contributed by atoms with Crippen LogP contribution in [0.1, 0.15) is 5.56 Å². The summed E-state index contributed by atoms with van der Waals surface area (Å²) in [5.74, 6) is -0.322. The molecular formula is C9H11FO2. The zero-order valence-corrected chi connectivity index (χ0v) is 6.57. The molecule has 0 radical (unpaired) electrons. The van der Waals surface area contributed by atoms with Gasteiger partial charge in [0.05, 0.1) is 12.7 Å². The molecule has 0 aromatic heterocycles. The molecular weight excluding hydrogens is 159 g/mol. The first-order valence-corrected chi connectivity index (χ1v) is 3.75. The van der Waals surface area contributed by atoms with Gasteiger partial charge in [-0.1, -0.05) is 12.1 Å². The molecule has 0 unspecified atom stereocenters. The van der Waals surface area contributed by atoms with E-state index in [9.17, 15) is 4.39 Å². The van der Waals surface area contributed by atoms with Gasteiger partial charge in [0.15, 0.2) is 0 Å². The predicted molar refractivity (Wildman–Crippen MR) is 43.2 cm³/mol. The van der Waals surface area contributed by atoms with Crippen LogP contribution in [0.5, 0.6) is 0 Å². The summed E-state index contributed by atoms with van der Waals surface area (Å²) in [5, 5.41) is 17.6. The number of aliphatic hydroxyl groups excluding tert-OH is 2. The van der Waals surface area contributed by atoms with E-state index in [1.54, 1.807) is 12.1 Å². The van der Waals surface area contributed by atoms with Gasteiger partial charge in [-0.2, -0.15) is 0 Å². The number of aliphatic hydroxyl groups is 2. The molecule has 1 aromatic carbocycles. The van der Waals surface area contributed by atoms with E-state index in [-0.39, 0.29) is 18.8 Å². The van der Waals surface area contributed by atoms with Crippen molar-refractivity contribution < 1.29 is 14.6 Å². The third-order valence-corrected chi connectivity index (χ3v) is 1.57. The highest BCUT2D eigenvalue weighted by molar-refractivity contribution is 5.16. The quantitative estimate of drug-likeness (QED) is 0.701. The SMILES string of the molecule is OC[C@H](O)Cc1cccc(F)c1. The van der Waals surface area contributed by atoms with Crippen LogP contribution in [0, 0.1) is 5.82 Å². The molecule has 0 saturated heterocycles. The van der Waals surface area contributed by atoms with Crippen molar-refractivity contribution in [1.29, 1.82) is 0 Å². The third-order valence-electron chi connectivity index (χ3n) is 1.57. The van der Waals surface area contributed by atoms with Crippen LogP contribution >= 0.6 is 0 Å². The molecule has 0 aliphatic heterocycles. The van der Waals surface area contributed by atoms with Crippen molar-refractivity contribution in [1.82, 2.24) is 0 Å². The largest absolute Gasteiger partial charge is 0.394 e. The van der Waals surface area contributed by atoms with Crippen molar-refractivity contribution >= 4 is 0 Å². The molecule has 0 heterocycles. The summed E-state index contributed by atoms with van der Waals surface area (Å²) in [6, 6.07) is 5.98. The van der Waals surface area contributed by atoms with E-state index in [4.69, 9.17) is 10.2 Å². The Hall–Kier alpha value is -0.930. The molecule has 1 rings (SSSR count). The van der Waals surface area contributed by atoms with Gasteiger partial charge in [-0.05, 0) is 17.7 Å². The molecule has 0 spiro atoms. The zero-order valence-electron chi connectivity index (χ0n) is 6.57. The summed E-state index contributed by atoms with van der Waals surface area (Å²) >= 11 is 0. The average Bonchev–Trinajstić information content (AvgIpc) is 2.04. The van der Waals surface area contributed by atoms with Gasteiger partial charge in [-0.25, -0.2) is 4.39 Å². The van der Waals surface area contributed by atoms with Gasteiger partial charge in [0, 0.05) is 6.42 Å². The zero-order chi connectivity index (χ0) is 8.97. The van der Waals surface area contributed by atoms with E-state index in [0.717, 1.165) is 0 Å². The molecule has 1 aromatic rings. The Morgan fingerprint density at radius 3 is 2.75 bits per heavy atom. The number of halogens is 1. The normalized spacial score (nSPS) is 12.9. The molecule has 0 amide bonds. The Morgan fingerprint density at radius 1 is 1.42 bits per heavy atom. The molecule has 0 aliphatic rings. The summed E-state index contributed by atoms with van der Waals surface area (Å²) in [4.78, 5) is 0. The van der Waals surface area contributed by atoms with Gasteiger partial charge in [-0.3, -0.25) is 0 Å². The lowest BCUT2D eigenvalue weighted by atomic mass is 10.1. The molecule has 0 saturated carbocycles. The third kappa shape index (κ3) is 2.60. The molecule has 3 heteroatoms. The minimum atomic E-state index is -0.799. The van der Waals surface area contributed by atoms with Crippen LogP contribution in [0.2, 0.25) is 0 Å². The van der Waals surface area contributed by atoms with Crippen LogP contribution in [0.4, 0.5) is 4.39 Å². The minimum Gasteiger partial charge on any atom is -0.394 e. The average molecular weight is 170 g/mol. The maximum atomic E-state index is 12.6. The lowest BCUT2D eigenvalue weighted by Gasteiger charge is -2.06. The smallest absolute Gasteiger partial charge is 0.123 e. The summed E-state index contributed by atoms with van der Waals surface area (Å²) in [5.41, 5.74) is 0.691. The summed E-state index contributed by atoms with van der Waals surface area (Å²) in [6.45, 7) is -0.295. The monoisotopic (exact) mass is 170 g/mol. The van der Waals surface area contributed by atoms with E-state index < -0.39 is 6.10 Å². The fourth-order valence-electron chi connectivity index (χ4n) is 1.00. The lowest BCUT2D eigenvalue weighted by molar-refractivity contribution is 0.0954. The topological polar surface area (TPSA) is 40.5 Å². The molecule has 2 nitrogen and oxygen atoms in total. The number of rotatable bonds is 3. The summed E-state index contributed by atoms with van der Waals surface area (Å²) in [6.07, 6.45) is -0.513. The van der Waals surface area contributed by atoms with Crippen molar-refractivity contribution in [3.8, 4) is 0 Å². The van der Waals surface area contributed by atoms with E-state index >= 15 is 0 Å². The van der Waals surface area contributed by atoms with Crippen LogP contribution in [0.25, 0.3) is 0 Å². The molecule has 0 fully saturated rings. The highest BCUT2D eigenvalue weighted by Crippen LogP contribution is 2.05. The number of hydrogen-bond donors (Lipinski definition) is 2. The van der Waals surface area contributed by atoms with Crippen molar-refractivity contribution in [2.45, 2.75) is 12.5 Å². The van der Waals surface area contributed by atoms with E-state index in [2.05, 4.69) is 0 Å². The van der Waals surface area contributed by atoms with E-state index in [1.807, 2.05) is 0 Å². The first-order valence-electron chi connectivity index (χ1n) is 3.75. The molecule has 12 heavy (non-hydrogen) atoms. The molecule has 0 bridgehead atoms. The Balaban J connectivity index is 2.63. The van der Waals surface area contributed by atoms with Gasteiger partial charge < -0.3 is 10.2 Å². The minimum absolute atomic E-state index is 0.286.